The van der Waals surface area contributed by atoms with Crippen LogP contribution in [0.2, 0.25) is 5.02 Å². The highest BCUT2D eigenvalue weighted by atomic mass is 35.5. The summed E-state index contributed by atoms with van der Waals surface area (Å²) in [6.07, 6.45) is 5.10. The maximum Gasteiger partial charge on any atom is 0.309 e. The number of allylic oxidation sites excluding steroid dienone is 2. The van der Waals surface area contributed by atoms with Crippen molar-refractivity contribution in [2.75, 3.05) is 13.7 Å². The first kappa shape index (κ1) is 24.5. The van der Waals surface area contributed by atoms with E-state index in [0.717, 1.165) is 11.1 Å². The Hall–Kier alpha value is -3.12. The van der Waals surface area contributed by atoms with Crippen LogP contribution in [-0.4, -0.2) is 36.3 Å². The van der Waals surface area contributed by atoms with Gasteiger partial charge in [-0.3, -0.25) is 14.4 Å². The Morgan fingerprint density at radius 1 is 1.09 bits per heavy atom. The van der Waals surface area contributed by atoms with Crippen LogP contribution in [0.5, 0.6) is 0 Å². The van der Waals surface area contributed by atoms with E-state index >= 15 is 0 Å². The zero-order valence-electron chi connectivity index (χ0n) is 18.7. The average Bonchev–Trinajstić information content (AvgIpc) is 2.82. The zero-order chi connectivity index (χ0) is 23.6. The molecule has 0 saturated heterocycles. The fourth-order valence-electron chi connectivity index (χ4n) is 3.68. The van der Waals surface area contributed by atoms with Crippen LogP contribution >= 0.6 is 11.6 Å². The van der Waals surface area contributed by atoms with Crippen LogP contribution in [0, 0.1) is 5.92 Å². The molecule has 1 aliphatic heterocycles. The average molecular weight is 469 g/mol. The number of cyclic esters (lactones) is 1. The number of hydrogen-bond donors (Lipinski definition) is 1. The molecule has 0 fully saturated rings. The number of ether oxygens (including phenoxy) is 1. The predicted octanol–water partition coefficient (Wildman–Crippen LogP) is 4.45. The summed E-state index contributed by atoms with van der Waals surface area (Å²) in [7, 11) is 1.73. The number of hydrogen-bond acceptors (Lipinski definition) is 4. The standard InChI is InChI=1S/C26H29ClN2O4/c1-29-23(20-8-4-2-5-9-20)18-33-26(32)21(10-6-3-7-11-25(29)31)16-24(30)28-17-19-12-14-22(27)15-13-19/h2-6,8-9,12-15,21,23H,7,10-11,16-18H2,1H3,(H,28,30)/b6-3+/t21-,23-/m0/s1. The van der Waals surface area contributed by atoms with Crippen LogP contribution in [0.25, 0.3) is 0 Å². The minimum Gasteiger partial charge on any atom is -0.463 e. The Morgan fingerprint density at radius 2 is 1.82 bits per heavy atom. The van der Waals surface area contributed by atoms with Gasteiger partial charge in [-0.05, 0) is 36.1 Å². The zero-order valence-corrected chi connectivity index (χ0v) is 19.5. The second-order valence-electron chi connectivity index (χ2n) is 8.11. The summed E-state index contributed by atoms with van der Waals surface area (Å²) in [4.78, 5) is 39.7. The Labute approximate surface area is 199 Å². The summed E-state index contributed by atoms with van der Waals surface area (Å²) >= 11 is 5.89. The SMILES string of the molecule is CN1C(=O)CC/C=C/C[C@@H](CC(=O)NCc2ccc(Cl)cc2)C(=O)OC[C@H]1c1ccccc1. The molecule has 0 aromatic heterocycles. The van der Waals surface area contributed by atoms with Crippen molar-refractivity contribution < 1.29 is 19.1 Å². The first-order valence-corrected chi connectivity index (χ1v) is 11.4. The van der Waals surface area contributed by atoms with Crippen molar-refractivity contribution in [3.05, 3.63) is 82.9 Å². The minimum atomic E-state index is -0.594. The molecule has 0 aliphatic carbocycles. The number of halogens is 1. The molecule has 2 aromatic carbocycles. The molecule has 0 saturated carbocycles. The number of carbonyl (C=O) groups excluding carboxylic acids is 3. The van der Waals surface area contributed by atoms with Crippen LogP contribution in [-0.2, 0) is 25.7 Å². The summed E-state index contributed by atoms with van der Waals surface area (Å²) < 4.78 is 5.63. The number of amides is 2. The van der Waals surface area contributed by atoms with Crippen LogP contribution < -0.4 is 5.32 Å². The highest BCUT2D eigenvalue weighted by Crippen LogP contribution is 2.23. The largest absolute Gasteiger partial charge is 0.463 e. The Bertz CT molecular complexity index is 976. The molecule has 6 nitrogen and oxygen atoms in total. The van der Waals surface area contributed by atoms with E-state index < -0.39 is 11.9 Å². The third-order valence-corrected chi connectivity index (χ3v) is 5.96. The molecule has 0 unspecified atom stereocenters. The van der Waals surface area contributed by atoms with Gasteiger partial charge in [-0.25, -0.2) is 0 Å². The smallest absolute Gasteiger partial charge is 0.309 e. The van der Waals surface area contributed by atoms with E-state index in [2.05, 4.69) is 5.32 Å². The third kappa shape index (κ3) is 7.46. The van der Waals surface area contributed by atoms with Crippen molar-refractivity contribution in [2.24, 2.45) is 5.92 Å². The monoisotopic (exact) mass is 468 g/mol. The van der Waals surface area contributed by atoms with E-state index in [0.29, 0.717) is 30.8 Å². The van der Waals surface area contributed by atoms with Gasteiger partial charge in [0.15, 0.2) is 0 Å². The van der Waals surface area contributed by atoms with Gasteiger partial charge in [0.25, 0.3) is 0 Å². The summed E-state index contributed by atoms with van der Waals surface area (Å²) in [5.41, 5.74) is 1.82. The van der Waals surface area contributed by atoms with Crippen molar-refractivity contribution in [1.82, 2.24) is 10.2 Å². The van der Waals surface area contributed by atoms with E-state index in [4.69, 9.17) is 16.3 Å². The Balaban J connectivity index is 1.66. The lowest BCUT2D eigenvalue weighted by molar-refractivity contribution is -0.153. The maximum absolute atomic E-state index is 12.9. The van der Waals surface area contributed by atoms with Crippen LogP contribution in [0.15, 0.2) is 66.7 Å². The van der Waals surface area contributed by atoms with Gasteiger partial charge in [0.1, 0.15) is 6.61 Å². The molecule has 3 rings (SSSR count). The lowest BCUT2D eigenvalue weighted by Crippen LogP contribution is -2.35. The van der Waals surface area contributed by atoms with Gasteiger partial charge in [-0.15, -0.1) is 0 Å². The quantitative estimate of drug-likeness (QED) is 0.519. The lowest BCUT2D eigenvalue weighted by atomic mass is 9.99. The van der Waals surface area contributed by atoms with Gasteiger partial charge in [-0.2, -0.15) is 0 Å². The Kier molecular flexibility index (Phi) is 9.07. The molecule has 2 atom stereocenters. The van der Waals surface area contributed by atoms with E-state index in [9.17, 15) is 14.4 Å². The van der Waals surface area contributed by atoms with Gasteiger partial charge < -0.3 is 15.0 Å². The molecule has 1 N–H and O–H groups in total. The molecule has 0 radical (unpaired) electrons. The second-order valence-corrected chi connectivity index (χ2v) is 8.55. The number of carbonyl (C=O) groups is 3. The molecule has 7 heteroatoms. The lowest BCUT2D eigenvalue weighted by Gasteiger charge is -2.29. The van der Waals surface area contributed by atoms with Crippen molar-refractivity contribution in [3.63, 3.8) is 0 Å². The molecular weight excluding hydrogens is 440 g/mol. The van der Waals surface area contributed by atoms with E-state index in [1.54, 1.807) is 24.1 Å². The van der Waals surface area contributed by atoms with Gasteiger partial charge >= 0.3 is 5.97 Å². The molecule has 1 heterocycles. The van der Waals surface area contributed by atoms with E-state index in [-0.39, 0.29) is 30.9 Å². The summed E-state index contributed by atoms with van der Waals surface area (Å²) in [5.74, 6) is -1.27. The number of nitrogens with zero attached hydrogens (tertiary/aromatic N) is 1. The maximum atomic E-state index is 12.9. The highest BCUT2D eigenvalue weighted by Gasteiger charge is 2.27. The van der Waals surface area contributed by atoms with Crippen LogP contribution in [0.4, 0.5) is 0 Å². The number of esters is 1. The molecule has 174 valence electrons. The van der Waals surface area contributed by atoms with E-state index in [1.807, 2.05) is 54.6 Å². The fourth-order valence-corrected chi connectivity index (χ4v) is 3.81. The van der Waals surface area contributed by atoms with Gasteiger partial charge in [-0.1, -0.05) is 66.2 Å². The topological polar surface area (TPSA) is 75.7 Å². The first-order valence-electron chi connectivity index (χ1n) is 11.1. The normalized spacial score (nSPS) is 20.8. The molecule has 2 aromatic rings. The molecule has 33 heavy (non-hydrogen) atoms. The highest BCUT2D eigenvalue weighted by molar-refractivity contribution is 6.30. The predicted molar refractivity (Wildman–Crippen MR) is 127 cm³/mol. The van der Waals surface area contributed by atoms with Crippen LogP contribution in [0.1, 0.15) is 42.9 Å². The van der Waals surface area contributed by atoms with Crippen molar-refractivity contribution in [3.8, 4) is 0 Å². The number of nitrogens with one attached hydrogen (secondary N) is 1. The Morgan fingerprint density at radius 3 is 2.55 bits per heavy atom. The van der Waals surface area contributed by atoms with Gasteiger partial charge in [0.2, 0.25) is 11.8 Å². The van der Waals surface area contributed by atoms with Crippen molar-refractivity contribution >= 4 is 29.4 Å². The summed E-state index contributed by atoms with van der Waals surface area (Å²) in [5, 5.41) is 3.49. The third-order valence-electron chi connectivity index (χ3n) is 5.71. The summed E-state index contributed by atoms with van der Waals surface area (Å²) in [6, 6.07) is 16.3. The molecular formula is C26H29ClN2O4. The first-order chi connectivity index (χ1) is 15.9. The molecule has 0 spiro atoms. The van der Waals surface area contributed by atoms with Gasteiger partial charge in [0, 0.05) is 31.5 Å². The molecule has 1 aliphatic rings. The van der Waals surface area contributed by atoms with Crippen LogP contribution in [0.3, 0.4) is 0 Å². The van der Waals surface area contributed by atoms with Crippen molar-refractivity contribution in [1.29, 1.82) is 0 Å². The van der Waals surface area contributed by atoms with Crippen molar-refractivity contribution in [2.45, 2.75) is 38.3 Å². The second kappa shape index (κ2) is 12.2. The number of benzene rings is 2. The molecule has 2 amide bonds. The van der Waals surface area contributed by atoms with Gasteiger partial charge in [0.05, 0.1) is 12.0 Å². The number of rotatable bonds is 5. The molecule has 0 bridgehead atoms. The van der Waals surface area contributed by atoms with E-state index in [1.165, 1.54) is 0 Å². The number of likely N-dealkylation sites (N-methyl/N-ethyl adjacent to an activating group) is 1. The summed E-state index contributed by atoms with van der Waals surface area (Å²) in [6.45, 7) is 0.397. The minimum absolute atomic E-state index is 0.0109. The fraction of sp³-hybridized carbons (Fsp3) is 0.346.